The molecule has 0 aliphatic carbocycles. The number of hydrogen-bond acceptors (Lipinski definition) is 5. The van der Waals surface area contributed by atoms with Crippen molar-refractivity contribution in [1.82, 2.24) is 19.3 Å². The van der Waals surface area contributed by atoms with Crippen molar-refractivity contribution in [1.29, 1.82) is 0 Å². The van der Waals surface area contributed by atoms with Crippen LogP contribution >= 0.6 is 0 Å². The van der Waals surface area contributed by atoms with Crippen molar-refractivity contribution >= 4 is 28.5 Å². The topological polar surface area (TPSA) is 125 Å². The second kappa shape index (κ2) is 7.26. The number of nitrogens with zero attached hydrogens (tertiary/aromatic N) is 4. The summed E-state index contributed by atoms with van der Waals surface area (Å²) in [5.41, 5.74) is 6.08. The summed E-state index contributed by atoms with van der Waals surface area (Å²) in [6, 6.07) is 6.26. The number of amides is 2. The molecular formula is C19H22N6O3. The maximum atomic E-state index is 12.6. The molecular weight excluding hydrogens is 360 g/mol. The highest BCUT2D eigenvalue weighted by Gasteiger charge is 2.19. The van der Waals surface area contributed by atoms with Gasteiger partial charge in [-0.05, 0) is 45.0 Å². The molecule has 0 saturated carbocycles. The van der Waals surface area contributed by atoms with Gasteiger partial charge in [0, 0.05) is 24.2 Å². The molecule has 1 aromatic carbocycles. The van der Waals surface area contributed by atoms with Gasteiger partial charge >= 0.3 is 0 Å². The van der Waals surface area contributed by atoms with E-state index in [1.807, 2.05) is 20.8 Å². The maximum Gasteiger partial charge on any atom is 0.264 e. The fourth-order valence-electron chi connectivity index (χ4n) is 2.76. The lowest BCUT2D eigenvalue weighted by Gasteiger charge is -2.19. The standard InChI is InChI=1S/C19H22N6O3/c1-19(2,3)25-17-14(10-22-25)18(28)24(11-21-17)9-8-15(26)23-13-6-4-12(5-7-13)16(20)27/h4-7,10-11H,8-9H2,1-3H3,(H2,20,27)(H,23,26). The Hall–Kier alpha value is -3.49. The van der Waals surface area contributed by atoms with Gasteiger partial charge in [0.1, 0.15) is 5.39 Å². The first-order valence-corrected chi connectivity index (χ1v) is 8.80. The van der Waals surface area contributed by atoms with E-state index in [2.05, 4.69) is 15.4 Å². The molecule has 0 unspecified atom stereocenters. The quantitative estimate of drug-likeness (QED) is 0.691. The molecule has 0 fully saturated rings. The van der Waals surface area contributed by atoms with Crippen molar-refractivity contribution in [2.45, 2.75) is 39.3 Å². The number of carbonyl (C=O) groups excluding carboxylic acids is 2. The van der Waals surface area contributed by atoms with Gasteiger partial charge in [-0.25, -0.2) is 9.67 Å². The van der Waals surface area contributed by atoms with Gasteiger partial charge in [-0.3, -0.25) is 19.0 Å². The fourth-order valence-corrected chi connectivity index (χ4v) is 2.76. The molecule has 28 heavy (non-hydrogen) atoms. The first-order chi connectivity index (χ1) is 13.2. The number of fused-ring (bicyclic) bond motifs is 1. The van der Waals surface area contributed by atoms with Gasteiger partial charge in [-0.15, -0.1) is 0 Å². The minimum atomic E-state index is -0.532. The van der Waals surface area contributed by atoms with Crippen LogP contribution in [0.3, 0.4) is 0 Å². The summed E-state index contributed by atoms with van der Waals surface area (Å²) in [6.07, 6.45) is 3.04. The largest absolute Gasteiger partial charge is 0.366 e. The Bertz CT molecular complexity index is 1090. The number of aromatic nitrogens is 4. The van der Waals surface area contributed by atoms with Gasteiger partial charge in [0.15, 0.2) is 5.65 Å². The van der Waals surface area contributed by atoms with Crippen molar-refractivity contribution in [3.63, 3.8) is 0 Å². The third-order valence-electron chi connectivity index (χ3n) is 4.22. The average Bonchev–Trinajstić information content (AvgIpc) is 3.07. The number of aryl methyl sites for hydroxylation is 1. The van der Waals surface area contributed by atoms with Gasteiger partial charge in [0.05, 0.1) is 18.1 Å². The Balaban J connectivity index is 1.69. The third-order valence-corrected chi connectivity index (χ3v) is 4.22. The molecule has 2 aromatic heterocycles. The van der Waals surface area contributed by atoms with Crippen LogP contribution in [-0.4, -0.2) is 31.1 Å². The van der Waals surface area contributed by atoms with E-state index < -0.39 is 5.91 Å². The minimum Gasteiger partial charge on any atom is -0.366 e. The number of nitrogens with one attached hydrogen (secondary N) is 1. The molecule has 2 heterocycles. The molecule has 0 saturated heterocycles. The molecule has 0 spiro atoms. The zero-order valence-electron chi connectivity index (χ0n) is 16.0. The SMILES string of the molecule is CC(C)(C)n1ncc2c(=O)n(CCC(=O)Nc3ccc(C(N)=O)cc3)cnc21. The van der Waals surface area contributed by atoms with Gasteiger partial charge < -0.3 is 11.1 Å². The van der Waals surface area contributed by atoms with Crippen LogP contribution in [0.25, 0.3) is 11.0 Å². The van der Waals surface area contributed by atoms with Crippen LogP contribution in [0.5, 0.6) is 0 Å². The zero-order valence-corrected chi connectivity index (χ0v) is 16.0. The highest BCUT2D eigenvalue weighted by Crippen LogP contribution is 2.17. The molecule has 0 aliphatic heterocycles. The second-order valence-electron chi connectivity index (χ2n) is 7.45. The monoisotopic (exact) mass is 382 g/mol. The summed E-state index contributed by atoms with van der Waals surface area (Å²) in [6.45, 7) is 6.13. The molecule has 0 aliphatic rings. The smallest absolute Gasteiger partial charge is 0.264 e. The molecule has 2 amide bonds. The highest BCUT2D eigenvalue weighted by molar-refractivity contribution is 5.94. The lowest BCUT2D eigenvalue weighted by atomic mass is 10.1. The van der Waals surface area contributed by atoms with Crippen LogP contribution in [-0.2, 0) is 16.9 Å². The number of nitrogens with two attached hydrogens (primary N) is 1. The van der Waals surface area contributed by atoms with Crippen LogP contribution in [0.15, 0.2) is 41.6 Å². The Morgan fingerprint density at radius 3 is 2.46 bits per heavy atom. The van der Waals surface area contributed by atoms with E-state index in [1.54, 1.807) is 16.8 Å². The Morgan fingerprint density at radius 1 is 1.18 bits per heavy atom. The fraction of sp³-hybridized carbons (Fsp3) is 0.316. The van der Waals surface area contributed by atoms with Crippen LogP contribution in [0.4, 0.5) is 5.69 Å². The highest BCUT2D eigenvalue weighted by atomic mass is 16.2. The number of rotatable bonds is 5. The molecule has 0 radical (unpaired) electrons. The van der Waals surface area contributed by atoms with Crippen LogP contribution in [0.1, 0.15) is 37.6 Å². The lowest BCUT2D eigenvalue weighted by Crippen LogP contribution is -2.26. The average molecular weight is 382 g/mol. The van der Waals surface area contributed by atoms with Crippen molar-refractivity contribution in [3.8, 4) is 0 Å². The maximum absolute atomic E-state index is 12.6. The van der Waals surface area contributed by atoms with Gasteiger partial charge in [0.2, 0.25) is 11.8 Å². The first kappa shape index (κ1) is 19.3. The Labute approximate surface area is 161 Å². The summed E-state index contributed by atoms with van der Waals surface area (Å²) in [7, 11) is 0. The molecule has 9 nitrogen and oxygen atoms in total. The van der Waals surface area contributed by atoms with E-state index in [-0.39, 0.29) is 30.0 Å². The van der Waals surface area contributed by atoms with E-state index >= 15 is 0 Å². The summed E-state index contributed by atoms with van der Waals surface area (Å²) >= 11 is 0. The lowest BCUT2D eigenvalue weighted by molar-refractivity contribution is -0.116. The molecule has 0 atom stereocenters. The van der Waals surface area contributed by atoms with Crippen LogP contribution in [0.2, 0.25) is 0 Å². The number of anilines is 1. The van der Waals surface area contributed by atoms with Gasteiger partial charge in [-0.2, -0.15) is 5.10 Å². The molecule has 3 aromatic rings. The van der Waals surface area contributed by atoms with Crippen LogP contribution in [0, 0.1) is 0 Å². The first-order valence-electron chi connectivity index (χ1n) is 8.80. The van der Waals surface area contributed by atoms with Gasteiger partial charge in [0.25, 0.3) is 5.56 Å². The summed E-state index contributed by atoms with van der Waals surface area (Å²) in [5, 5.41) is 7.40. The predicted molar refractivity (Wildman–Crippen MR) is 105 cm³/mol. The van der Waals surface area contributed by atoms with E-state index in [0.717, 1.165) is 0 Å². The Morgan fingerprint density at radius 2 is 1.86 bits per heavy atom. The second-order valence-corrected chi connectivity index (χ2v) is 7.45. The molecule has 3 N–H and O–H groups in total. The molecule has 146 valence electrons. The number of benzene rings is 1. The molecule has 0 bridgehead atoms. The van der Waals surface area contributed by atoms with Crippen molar-refractivity contribution in [2.75, 3.05) is 5.32 Å². The predicted octanol–water partition coefficient (Wildman–Crippen LogP) is 1.48. The molecule has 3 rings (SSSR count). The minimum absolute atomic E-state index is 0.0953. The van der Waals surface area contributed by atoms with E-state index in [4.69, 9.17) is 5.73 Å². The van der Waals surface area contributed by atoms with E-state index in [1.165, 1.54) is 29.2 Å². The summed E-state index contributed by atoms with van der Waals surface area (Å²) in [4.78, 5) is 40.2. The van der Waals surface area contributed by atoms with Crippen LogP contribution < -0.4 is 16.6 Å². The normalized spacial score (nSPS) is 11.5. The number of carbonyl (C=O) groups is 2. The van der Waals surface area contributed by atoms with E-state index in [0.29, 0.717) is 22.3 Å². The van der Waals surface area contributed by atoms with Gasteiger partial charge in [-0.1, -0.05) is 0 Å². The summed E-state index contributed by atoms with van der Waals surface area (Å²) < 4.78 is 3.10. The summed E-state index contributed by atoms with van der Waals surface area (Å²) in [5.74, 6) is -0.792. The number of hydrogen-bond donors (Lipinski definition) is 2. The third kappa shape index (κ3) is 3.93. The van der Waals surface area contributed by atoms with Crippen molar-refractivity contribution < 1.29 is 9.59 Å². The zero-order chi connectivity index (χ0) is 20.5. The Kier molecular flexibility index (Phi) is 5.00. The van der Waals surface area contributed by atoms with E-state index in [9.17, 15) is 14.4 Å². The van der Waals surface area contributed by atoms with Crippen molar-refractivity contribution in [2.24, 2.45) is 5.73 Å². The molecule has 9 heteroatoms. The van der Waals surface area contributed by atoms with Crippen molar-refractivity contribution in [3.05, 3.63) is 52.7 Å². The number of primary amides is 1.